The SMILES string of the molecule is C=CCN1C(=O)COc2cc(Cl)c(-c3c(Cl)n4n(c3=O)CCOCC4)cc21. The Labute approximate surface area is 165 Å². The summed E-state index contributed by atoms with van der Waals surface area (Å²) < 4.78 is 14.2. The molecule has 0 fully saturated rings. The van der Waals surface area contributed by atoms with Crippen LogP contribution < -0.4 is 15.2 Å². The van der Waals surface area contributed by atoms with Crippen LogP contribution in [-0.2, 0) is 22.6 Å². The number of aromatic nitrogens is 2. The van der Waals surface area contributed by atoms with Crippen molar-refractivity contribution in [2.24, 2.45) is 0 Å². The largest absolute Gasteiger partial charge is 0.482 e. The molecule has 0 bridgehead atoms. The van der Waals surface area contributed by atoms with Crippen molar-refractivity contribution in [2.45, 2.75) is 13.1 Å². The lowest BCUT2D eigenvalue weighted by atomic mass is 10.1. The first kappa shape index (κ1) is 18.2. The lowest BCUT2D eigenvalue weighted by Crippen LogP contribution is -2.38. The third kappa shape index (κ3) is 2.96. The summed E-state index contributed by atoms with van der Waals surface area (Å²) in [5, 5.41) is 0.629. The number of halogens is 2. The van der Waals surface area contributed by atoms with Crippen LogP contribution in [0, 0.1) is 0 Å². The topological polar surface area (TPSA) is 65.7 Å². The van der Waals surface area contributed by atoms with E-state index in [1.54, 1.807) is 32.5 Å². The summed E-state index contributed by atoms with van der Waals surface area (Å²) in [6.07, 6.45) is 1.63. The number of anilines is 1. The summed E-state index contributed by atoms with van der Waals surface area (Å²) in [6, 6.07) is 3.29. The maximum atomic E-state index is 13.0. The number of carbonyl (C=O) groups excluding carboxylic acids is 1. The lowest BCUT2D eigenvalue weighted by Gasteiger charge is -2.29. The van der Waals surface area contributed by atoms with Crippen LogP contribution in [0.5, 0.6) is 5.75 Å². The highest BCUT2D eigenvalue weighted by Crippen LogP contribution is 2.41. The van der Waals surface area contributed by atoms with Crippen molar-refractivity contribution >= 4 is 34.8 Å². The molecule has 3 heterocycles. The molecule has 0 radical (unpaired) electrons. The fourth-order valence-corrected chi connectivity index (χ4v) is 3.98. The van der Waals surface area contributed by atoms with E-state index in [9.17, 15) is 9.59 Å². The van der Waals surface area contributed by atoms with E-state index in [1.807, 2.05) is 0 Å². The number of amides is 1. The third-order valence-corrected chi connectivity index (χ3v) is 5.34. The number of nitrogens with zero attached hydrogens (tertiary/aromatic N) is 3. The van der Waals surface area contributed by atoms with Crippen LogP contribution in [0.1, 0.15) is 0 Å². The van der Waals surface area contributed by atoms with Gasteiger partial charge in [0.25, 0.3) is 11.5 Å². The Morgan fingerprint density at radius 2 is 1.89 bits per heavy atom. The number of hydrogen-bond donors (Lipinski definition) is 0. The van der Waals surface area contributed by atoms with Crippen LogP contribution in [0.15, 0.2) is 29.6 Å². The molecule has 0 aliphatic carbocycles. The predicted molar refractivity (Wildman–Crippen MR) is 103 cm³/mol. The van der Waals surface area contributed by atoms with E-state index in [0.717, 1.165) is 0 Å². The van der Waals surface area contributed by atoms with Gasteiger partial charge >= 0.3 is 0 Å². The molecule has 27 heavy (non-hydrogen) atoms. The quantitative estimate of drug-likeness (QED) is 0.730. The van der Waals surface area contributed by atoms with Crippen LogP contribution in [0.4, 0.5) is 5.69 Å². The molecule has 7 nitrogen and oxygen atoms in total. The van der Waals surface area contributed by atoms with Gasteiger partial charge in [0.05, 0.1) is 42.6 Å². The second kappa shape index (κ2) is 7.07. The molecule has 0 atom stereocenters. The number of fused-ring (bicyclic) bond motifs is 2. The molecule has 0 saturated carbocycles. The molecular weight excluding hydrogens is 393 g/mol. The molecule has 2 aromatic rings. The van der Waals surface area contributed by atoms with Crippen LogP contribution in [0.2, 0.25) is 10.2 Å². The minimum atomic E-state index is -0.245. The van der Waals surface area contributed by atoms with Crippen molar-refractivity contribution < 1.29 is 14.3 Å². The van der Waals surface area contributed by atoms with E-state index < -0.39 is 0 Å². The zero-order valence-electron chi connectivity index (χ0n) is 14.4. The summed E-state index contributed by atoms with van der Waals surface area (Å²) in [4.78, 5) is 26.8. The van der Waals surface area contributed by atoms with E-state index in [4.69, 9.17) is 32.7 Å². The second-order valence-corrected chi connectivity index (χ2v) is 6.98. The van der Waals surface area contributed by atoms with Crippen molar-refractivity contribution in [1.29, 1.82) is 0 Å². The van der Waals surface area contributed by atoms with Crippen LogP contribution in [0.3, 0.4) is 0 Å². The normalized spacial score (nSPS) is 16.4. The van der Waals surface area contributed by atoms with E-state index in [-0.39, 0.29) is 18.1 Å². The highest BCUT2D eigenvalue weighted by Gasteiger charge is 2.29. The molecule has 4 rings (SSSR count). The van der Waals surface area contributed by atoms with Gasteiger partial charge in [0.1, 0.15) is 10.9 Å². The van der Waals surface area contributed by atoms with Gasteiger partial charge < -0.3 is 14.4 Å². The molecule has 1 amide bonds. The minimum Gasteiger partial charge on any atom is -0.482 e. The summed E-state index contributed by atoms with van der Waals surface area (Å²) in [5.74, 6) is 0.291. The second-order valence-electron chi connectivity index (χ2n) is 6.21. The minimum absolute atomic E-state index is 0.0690. The maximum absolute atomic E-state index is 13.0. The van der Waals surface area contributed by atoms with E-state index >= 15 is 0 Å². The summed E-state index contributed by atoms with van der Waals surface area (Å²) >= 11 is 13.0. The maximum Gasteiger partial charge on any atom is 0.276 e. The van der Waals surface area contributed by atoms with Gasteiger partial charge in [-0.05, 0) is 6.07 Å². The van der Waals surface area contributed by atoms with Crippen molar-refractivity contribution in [3.05, 3.63) is 45.3 Å². The number of carbonyl (C=O) groups is 1. The Hall–Kier alpha value is -2.22. The zero-order valence-corrected chi connectivity index (χ0v) is 15.9. The number of hydrogen-bond acceptors (Lipinski definition) is 4. The lowest BCUT2D eigenvalue weighted by molar-refractivity contribution is -0.121. The van der Waals surface area contributed by atoms with Crippen LogP contribution in [0.25, 0.3) is 11.1 Å². The van der Waals surface area contributed by atoms with Gasteiger partial charge in [-0.2, -0.15) is 0 Å². The molecule has 0 unspecified atom stereocenters. The van der Waals surface area contributed by atoms with Gasteiger partial charge in [-0.15, -0.1) is 6.58 Å². The number of ether oxygens (including phenoxy) is 2. The molecular formula is C18H17Cl2N3O4. The highest BCUT2D eigenvalue weighted by atomic mass is 35.5. The van der Waals surface area contributed by atoms with Crippen molar-refractivity contribution in [3.8, 4) is 16.9 Å². The smallest absolute Gasteiger partial charge is 0.276 e. The van der Waals surface area contributed by atoms with Gasteiger partial charge in [-0.3, -0.25) is 14.3 Å². The average molecular weight is 410 g/mol. The van der Waals surface area contributed by atoms with Gasteiger partial charge in [-0.1, -0.05) is 29.3 Å². The zero-order chi connectivity index (χ0) is 19.1. The average Bonchev–Trinajstić information content (AvgIpc) is 2.83. The Balaban J connectivity index is 1.90. The van der Waals surface area contributed by atoms with Crippen LogP contribution in [-0.4, -0.2) is 41.6 Å². The fraction of sp³-hybridized carbons (Fsp3) is 0.333. The van der Waals surface area contributed by atoms with Gasteiger partial charge in [0.15, 0.2) is 6.61 Å². The molecule has 0 spiro atoms. The molecule has 2 aliphatic heterocycles. The van der Waals surface area contributed by atoms with E-state index in [1.165, 1.54) is 0 Å². The molecule has 142 valence electrons. The van der Waals surface area contributed by atoms with Gasteiger partial charge in [0.2, 0.25) is 0 Å². The number of rotatable bonds is 3. The monoisotopic (exact) mass is 409 g/mol. The molecule has 2 aliphatic rings. The first-order valence-corrected chi connectivity index (χ1v) is 9.23. The Kier molecular flexibility index (Phi) is 4.75. The summed E-state index contributed by atoms with van der Waals surface area (Å²) in [6.45, 7) is 5.74. The van der Waals surface area contributed by atoms with Gasteiger partial charge in [0, 0.05) is 18.2 Å². The predicted octanol–water partition coefficient (Wildman–Crippen LogP) is 2.57. The summed E-state index contributed by atoms with van der Waals surface area (Å²) in [5.41, 5.74) is 1.07. The fourth-order valence-electron chi connectivity index (χ4n) is 3.38. The summed E-state index contributed by atoms with van der Waals surface area (Å²) in [7, 11) is 0. The highest BCUT2D eigenvalue weighted by molar-refractivity contribution is 6.36. The first-order chi connectivity index (χ1) is 13.0. The standard InChI is InChI=1S/C18H17Cl2N3O4/c1-2-3-21-13-8-11(12(19)9-14(13)27-10-15(21)24)16-17(20)22-4-6-26-7-5-23(22)18(16)25/h2,8-9H,1,3-7,10H2. The van der Waals surface area contributed by atoms with Crippen molar-refractivity contribution in [2.75, 3.05) is 31.3 Å². The molecule has 1 aromatic carbocycles. The number of benzene rings is 1. The van der Waals surface area contributed by atoms with Crippen molar-refractivity contribution in [3.63, 3.8) is 0 Å². The Bertz CT molecular complexity index is 995. The molecule has 1 aromatic heterocycles. The molecule has 0 N–H and O–H groups in total. The van der Waals surface area contributed by atoms with Crippen molar-refractivity contribution in [1.82, 2.24) is 9.36 Å². The Morgan fingerprint density at radius 1 is 1.15 bits per heavy atom. The van der Waals surface area contributed by atoms with E-state index in [0.29, 0.717) is 65.6 Å². The first-order valence-electron chi connectivity index (χ1n) is 8.47. The van der Waals surface area contributed by atoms with E-state index in [2.05, 4.69) is 6.58 Å². The molecule has 0 saturated heterocycles. The molecule has 9 heteroatoms. The third-order valence-electron chi connectivity index (χ3n) is 4.64. The van der Waals surface area contributed by atoms with Gasteiger partial charge in [-0.25, -0.2) is 4.68 Å². The van der Waals surface area contributed by atoms with Crippen LogP contribution >= 0.6 is 23.2 Å². The Morgan fingerprint density at radius 3 is 2.63 bits per heavy atom.